The zero-order chi connectivity index (χ0) is 18.0. The first-order valence-electron chi connectivity index (χ1n) is 8.94. The van der Waals surface area contributed by atoms with Crippen LogP contribution in [-0.4, -0.2) is 34.0 Å². The largest absolute Gasteiger partial charge is 0.390 e. The van der Waals surface area contributed by atoms with Gasteiger partial charge in [0.25, 0.3) is 0 Å². The predicted octanol–water partition coefficient (Wildman–Crippen LogP) is 2.59. The van der Waals surface area contributed by atoms with E-state index in [4.69, 9.17) is 0 Å². The molecule has 2 N–H and O–H groups in total. The van der Waals surface area contributed by atoms with Crippen LogP contribution < -0.4 is 0 Å². The van der Waals surface area contributed by atoms with Crippen molar-refractivity contribution < 1.29 is 19.8 Å². The van der Waals surface area contributed by atoms with Gasteiger partial charge >= 0.3 is 0 Å². The third kappa shape index (κ3) is 2.19. The summed E-state index contributed by atoms with van der Waals surface area (Å²) in [6, 6.07) is 0. The van der Waals surface area contributed by atoms with E-state index in [9.17, 15) is 19.8 Å². The van der Waals surface area contributed by atoms with Crippen molar-refractivity contribution in [1.29, 1.82) is 0 Å². The monoisotopic (exact) mass is 332 g/mol. The lowest BCUT2D eigenvalue weighted by Gasteiger charge is -2.57. The summed E-state index contributed by atoms with van der Waals surface area (Å²) in [5.74, 6) is -1.26. The Balaban J connectivity index is 2.26. The number of carbonyl (C=O) groups excluding carboxylic acids is 2. The summed E-state index contributed by atoms with van der Waals surface area (Å²) in [5.41, 5.74) is 0.584. The summed E-state index contributed by atoms with van der Waals surface area (Å²) in [4.78, 5) is 25.5. The molecule has 3 aliphatic rings. The van der Waals surface area contributed by atoms with Gasteiger partial charge in [-0.2, -0.15) is 0 Å². The van der Waals surface area contributed by atoms with Gasteiger partial charge in [0.05, 0.1) is 6.10 Å². The Morgan fingerprint density at radius 3 is 2.29 bits per heavy atom. The number of Topliss-reactive ketones (excluding diaryl/α,β-unsaturated/α-hetero) is 2. The Hall–Kier alpha value is -1.26. The summed E-state index contributed by atoms with van der Waals surface area (Å²) in [5, 5.41) is 21.6. The molecule has 0 amide bonds. The maximum Gasteiger partial charge on any atom is 0.230 e. The number of aliphatic hydroxyl groups is 2. The number of ketones is 2. The van der Waals surface area contributed by atoms with Crippen molar-refractivity contribution >= 4 is 11.6 Å². The molecule has 24 heavy (non-hydrogen) atoms. The van der Waals surface area contributed by atoms with Gasteiger partial charge in [0, 0.05) is 22.5 Å². The topological polar surface area (TPSA) is 74.6 Å². The van der Waals surface area contributed by atoms with Crippen LogP contribution >= 0.6 is 0 Å². The van der Waals surface area contributed by atoms with Crippen LogP contribution in [0.4, 0.5) is 0 Å². The third-order valence-electron chi connectivity index (χ3n) is 6.52. The lowest BCUT2D eigenvalue weighted by molar-refractivity contribution is -0.140. The van der Waals surface area contributed by atoms with Crippen LogP contribution in [0, 0.1) is 22.7 Å². The average Bonchev–Trinajstić information content (AvgIpc) is 2.46. The predicted molar refractivity (Wildman–Crippen MR) is 91.2 cm³/mol. The van der Waals surface area contributed by atoms with Crippen molar-refractivity contribution in [2.45, 2.75) is 66.1 Å². The van der Waals surface area contributed by atoms with Crippen LogP contribution in [0.2, 0.25) is 0 Å². The summed E-state index contributed by atoms with van der Waals surface area (Å²) < 4.78 is 0. The van der Waals surface area contributed by atoms with E-state index in [0.29, 0.717) is 16.7 Å². The SMILES string of the molecule is CC(C)C1=CC2=C(C(=O)C1=O)[C@@]1(C)CCCC(C)(C)[C@@H]1[C@@H](O)[C@@H]2O. The fraction of sp³-hybridized carbons (Fsp3) is 0.700. The van der Waals surface area contributed by atoms with Crippen LogP contribution in [0.15, 0.2) is 22.8 Å². The number of rotatable bonds is 1. The Labute approximate surface area is 143 Å². The molecule has 1 saturated carbocycles. The minimum absolute atomic E-state index is 0.0897. The van der Waals surface area contributed by atoms with Gasteiger partial charge in [-0.25, -0.2) is 0 Å². The van der Waals surface area contributed by atoms with Gasteiger partial charge in [-0.15, -0.1) is 0 Å². The first-order chi connectivity index (χ1) is 11.0. The van der Waals surface area contributed by atoms with Gasteiger partial charge in [-0.3, -0.25) is 9.59 Å². The molecule has 0 aromatic carbocycles. The molecule has 4 nitrogen and oxygen atoms in total. The molecule has 0 aromatic rings. The van der Waals surface area contributed by atoms with E-state index in [2.05, 4.69) is 13.8 Å². The highest BCUT2D eigenvalue weighted by atomic mass is 16.3. The molecule has 4 heteroatoms. The molecule has 132 valence electrons. The molecule has 3 rings (SSSR count). The standard InChI is InChI=1S/C20H28O4/c1-10(2)11-9-12-13(16(23)14(11)21)20(5)8-6-7-19(3,4)18(20)17(24)15(12)22/h9-10,15,17-18,22,24H,6-8H2,1-5H3/t15-,17+,18+,20-/m1/s1. The maximum atomic E-state index is 13.0. The summed E-state index contributed by atoms with van der Waals surface area (Å²) in [6.07, 6.45) is 2.28. The molecule has 1 fully saturated rings. The van der Waals surface area contributed by atoms with E-state index in [0.717, 1.165) is 19.3 Å². The van der Waals surface area contributed by atoms with Crippen molar-refractivity contribution in [1.82, 2.24) is 0 Å². The maximum absolute atomic E-state index is 13.0. The molecule has 0 radical (unpaired) electrons. The van der Waals surface area contributed by atoms with Crippen molar-refractivity contribution in [3.8, 4) is 0 Å². The first-order valence-corrected chi connectivity index (χ1v) is 8.94. The third-order valence-corrected chi connectivity index (χ3v) is 6.52. The van der Waals surface area contributed by atoms with E-state index < -0.39 is 29.2 Å². The van der Waals surface area contributed by atoms with Crippen LogP contribution in [0.5, 0.6) is 0 Å². The first kappa shape index (κ1) is 17.6. The molecule has 4 atom stereocenters. The number of carbonyl (C=O) groups is 2. The molecule has 0 heterocycles. The lowest BCUT2D eigenvalue weighted by atomic mass is 9.47. The number of fused-ring (bicyclic) bond motifs is 2. The molecular weight excluding hydrogens is 304 g/mol. The highest BCUT2D eigenvalue weighted by Gasteiger charge is 2.59. The lowest BCUT2D eigenvalue weighted by Crippen LogP contribution is -2.59. The summed E-state index contributed by atoms with van der Waals surface area (Å²) in [7, 11) is 0. The van der Waals surface area contributed by atoms with Gasteiger partial charge in [0.1, 0.15) is 6.10 Å². The second-order valence-electron chi connectivity index (χ2n) is 8.92. The minimum atomic E-state index is -1.11. The Morgan fingerprint density at radius 2 is 1.71 bits per heavy atom. The Kier molecular flexibility index (Phi) is 3.93. The molecular formula is C20H28O4. The summed E-state index contributed by atoms with van der Waals surface area (Å²) in [6.45, 7) is 9.88. The van der Waals surface area contributed by atoms with E-state index in [1.54, 1.807) is 6.08 Å². The van der Waals surface area contributed by atoms with Crippen LogP contribution in [0.3, 0.4) is 0 Å². The molecule has 0 aliphatic heterocycles. The molecule has 3 aliphatic carbocycles. The fourth-order valence-corrected chi connectivity index (χ4v) is 5.50. The molecule has 0 spiro atoms. The zero-order valence-electron chi connectivity index (χ0n) is 15.2. The average molecular weight is 332 g/mol. The Morgan fingerprint density at radius 1 is 1.08 bits per heavy atom. The van der Waals surface area contributed by atoms with Crippen molar-refractivity contribution in [2.24, 2.45) is 22.7 Å². The quantitative estimate of drug-likeness (QED) is 0.572. The Bertz CT molecular complexity index is 667. The van der Waals surface area contributed by atoms with E-state index in [1.165, 1.54) is 0 Å². The van der Waals surface area contributed by atoms with Gasteiger partial charge in [-0.1, -0.05) is 41.0 Å². The van der Waals surface area contributed by atoms with Gasteiger partial charge in [0.2, 0.25) is 11.6 Å². The van der Waals surface area contributed by atoms with Crippen molar-refractivity contribution in [2.75, 3.05) is 0 Å². The molecule has 0 bridgehead atoms. The molecule has 0 aromatic heterocycles. The second-order valence-corrected chi connectivity index (χ2v) is 8.92. The smallest absolute Gasteiger partial charge is 0.230 e. The van der Waals surface area contributed by atoms with E-state index in [-0.39, 0.29) is 17.3 Å². The van der Waals surface area contributed by atoms with Crippen LogP contribution in [-0.2, 0) is 9.59 Å². The van der Waals surface area contributed by atoms with Crippen LogP contribution in [0.25, 0.3) is 0 Å². The minimum Gasteiger partial charge on any atom is -0.390 e. The highest BCUT2D eigenvalue weighted by molar-refractivity contribution is 6.50. The van der Waals surface area contributed by atoms with Gasteiger partial charge < -0.3 is 10.2 Å². The van der Waals surface area contributed by atoms with E-state index >= 15 is 0 Å². The summed E-state index contributed by atoms with van der Waals surface area (Å²) >= 11 is 0. The second kappa shape index (κ2) is 5.37. The molecule has 0 saturated heterocycles. The van der Waals surface area contributed by atoms with Crippen LogP contribution in [0.1, 0.15) is 53.9 Å². The van der Waals surface area contributed by atoms with Gasteiger partial charge in [-0.05, 0) is 35.8 Å². The normalized spacial score (nSPS) is 38.8. The molecule has 0 unspecified atom stereocenters. The van der Waals surface area contributed by atoms with E-state index in [1.807, 2.05) is 20.8 Å². The van der Waals surface area contributed by atoms with Crippen molar-refractivity contribution in [3.63, 3.8) is 0 Å². The number of hydrogen-bond donors (Lipinski definition) is 2. The fourth-order valence-electron chi connectivity index (χ4n) is 5.50. The van der Waals surface area contributed by atoms with Gasteiger partial charge in [0.15, 0.2) is 0 Å². The zero-order valence-corrected chi connectivity index (χ0v) is 15.2. The number of hydrogen-bond acceptors (Lipinski definition) is 4. The highest BCUT2D eigenvalue weighted by Crippen LogP contribution is 2.60. The number of allylic oxidation sites excluding steroid dienone is 2. The number of aliphatic hydroxyl groups excluding tert-OH is 2. The van der Waals surface area contributed by atoms with Crippen molar-refractivity contribution in [3.05, 3.63) is 22.8 Å².